The van der Waals surface area contributed by atoms with Gasteiger partial charge in [0.1, 0.15) is 0 Å². The largest absolute Gasteiger partial charge is 0.465 e. The summed E-state index contributed by atoms with van der Waals surface area (Å²) in [6, 6.07) is 7.53. The van der Waals surface area contributed by atoms with Crippen molar-refractivity contribution in [1.29, 1.82) is 0 Å². The maximum absolute atomic E-state index is 11.9. The van der Waals surface area contributed by atoms with Gasteiger partial charge in [-0.3, -0.25) is 9.36 Å². The normalized spacial score (nSPS) is 10.3. The Balaban J connectivity index is 2.68. The van der Waals surface area contributed by atoms with Gasteiger partial charge >= 0.3 is 5.97 Å². The van der Waals surface area contributed by atoms with Crippen LogP contribution in [-0.2, 0) is 4.74 Å². The second-order valence-electron chi connectivity index (χ2n) is 3.69. The second-order valence-corrected chi connectivity index (χ2v) is 4.50. The fourth-order valence-corrected chi connectivity index (χ4v) is 2.20. The fourth-order valence-electron chi connectivity index (χ4n) is 1.62. The van der Waals surface area contributed by atoms with E-state index in [1.54, 1.807) is 18.2 Å². The van der Waals surface area contributed by atoms with Crippen molar-refractivity contribution in [1.82, 2.24) is 4.57 Å². The van der Waals surface area contributed by atoms with Crippen LogP contribution >= 0.6 is 23.2 Å². The summed E-state index contributed by atoms with van der Waals surface area (Å²) < 4.78 is 5.83. The monoisotopic (exact) mass is 297 g/mol. The molecule has 0 amide bonds. The summed E-state index contributed by atoms with van der Waals surface area (Å²) in [5.41, 5.74) is 0.224. The summed E-state index contributed by atoms with van der Waals surface area (Å²) in [7, 11) is 1.26. The van der Waals surface area contributed by atoms with Crippen LogP contribution in [0.1, 0.15) is 10.4 Å². The van der Waals surface area contributed by atoms with Crippen molar-refractivity contribution >= 4 is 29.2 Å². The van der Waals surface area contributed by atoms with Gasteiger partial charge in [0.25, 0.3) is 5.56 Å². The quantitative estimate of drug-likeness (QED) is 0.801. The van der Waals surface area contributed by atoms with Crippen LogP contribution in [0.25, 0.3) is 5.69 Å². The van der Waals surface area contributed by atoms with Crippen LogP contribution in [0, 0.1) is 0 Å². The summed E-state index contributed by atoms with van der Waals surface area (Å²) in [5, 5.41) is 0.633. The van der Waals surface area contributed by atoms with E-state index in [-0.39, 0.29) is 11.1 Å². The number of rotatable bonds is 2. The molecule has 0 unspecified atom stereocenters. The van der Waals surface area contributed by atoms with Crippen LogP contribution < -0.4 is 5.56 Å². The first-order valence-electron chi connectivity index (χ1n) is 5.30. The average Bonchev–Trinajstić information content (AvgIpc) is 2.39. The van der Waals surface area contributed by atoms with Crippen LogP contribution in [0.3, 0.4) is 0 Å². The van der Waals surface area contributed by atoms with Crippen LogP contribution in [0.2, 0.25) is 10.0 Å². The van der Waals surface area contributed by atoms with Crippen LogP contribution in [-0.4, -0.2) is 17.6 Å². The minimum atomic E-state index is -0.545. The minimum Gasteiger partial charge on any atom is -0.465 e. The van der Waals surface area contributed by atoms with E-state index in [0.717, 1.165) is 0 Å². The maximum atomic E-state index is 11.9. The van der Waals surface area contributed by atoms with Gasteiger partial charge in [-0.05, 0) is 18.2 Å². The number of hydrogen-bond donors (Lipinski definition) is 0. The molecule has 0 saturated heterocycles. The molecule has 1 aromatic carbocycles. The molecule has 0 saturated carbocycles. The molecule has 2 aromatic rings. The van der Waals surface area contributed by atoms with Gasteiger partial charge in [-0.25, -0.2) is 4.79 Å². The smallest absolute Gasteiger partial charge is 0.339 e. The third-order valence-corrected chi connectivity index (χ3v) is 3.12. The van der Waals surface area contributed by atoms with Crippen molar-refractivity contribution in [3.63, 3.8) is 0 Å². The summed E-state index contributed by atoms with van der Waals surface area (Å²) in [4.78, 5) is 23.4. The lowest BCUT2D eigenvalue weighted by Gasteiger charge is -2.10. The number of esters is 1. The molecule has 1 aromatic heterocycles. The van der Waals surface area contributed by atoms with E-state index < -0.39 is 5.97 Å². The standard InChI is InChI=1S/C13H9Cl2NO3/c1-19-13(18)8-5-6-11(17)16(7-8)12-9(14)3-2-4-10(12)15/h2-7H,1H3. The van der Waals surface area contributed by atoms with E-state index >= 15 is 0 Å². The molecule has 4 nitrogen and oxygen atoms in total. The number of para-hydroxylation sites is 1. The maximum Gasteiger partial charge on any atom is 0.339 e. The Kier molecular flexibility index (Phi) is 3.93. The van der Waals surface area contributed by atoms with Crippen molar-refractivity contribution < 1.29 is 9.53 Å². The topological polar surface area (TPSA) is 48.3 Å². The van der Waals surface area contributed by atoms with Gasteiger partial charge in [0.2, 0.25) is 0 Å². The molecule has 0 atom stereocenters. The zero-order valence-corrected chi connectivity index (χ0v) is 11.4. The number of pyridine rings is 1. The second kappa shape index (κ2) is 5.47. The Bertz CT molecular complexity index is 674. The van der Waals surface area contributed by atoms with Gasteiger partial charge in [-0.2, -0.15) is 0 Å². The molecule has 0 bridgehead atoms. The lowest BCUT2D eigenvalue weighted by atomic mass is 10.2. The lowest BCUT2D eigenvalue weighted by Crippen LogP contribution is -2.19. The molecule has 0 aliphatic heterocycles. The molecule has 0 aliphatic carbocycles. The highest BCUT2D eigenvalue weighted by Gasteiger charge is 2.12. The SMILES string of the molecule is COC(=O)c1ccc(=O)n(-c2c(Cl)cccc2Cl)c1. The van der Waals surface area contributed by atoms with Crippen LogP contribution in [0.4, 0.5) is 0 Å². The molecule has 98 valence electrons. The number of methoxy groups -OCH3 is 1. The van der Waals surface area contributed by atoms with Crippen molar-refractivity contribution in [3.05, 3.63) is 62.5 Å². The Hall–Kier alpha value is -1.78. The zero-order chi connectivity index (χ0) is 14.0. The zero-order valence-electron chi connectivity index (χ0n) is 9.89. The van der Waals surface area contributed by atoms with Gasteiger partial charge < -0.3 is 4.74 Å². The highest BCUT2D eigenvalue weighted by atomic mass is 35.5. The number of halogens is 2. The van der Waals surface area contributed by atoms with E-state index in [1.165, 1.54) is 30.0 Å². The van der Waals surface area contributed by atoms with Gasteiger partial charge in [0, 0.05) is 12.3 Å². The Morgan fingerprint density at radius 2 is 1.79 bits per heavy atom. The van der Waals surface area contributed by atoms with E-state index in [0.29, 0.717) is 15.7 Å². The van der Waals surface area contributed by atoms with Crippen molar-refractivity contribution in [2.45, 2.75) is 0 Å². The predicted molar refractivity (Wildman–Crippen MR) is 73.4 cm³/mol. The third kappa shape index (κ3) is 2.64. The van der Waals surface area contributed by atoms with Gasteiger partial charge in [0.15, 0.2) is 0 Å². The minimum absolute atomic E-state index is 0.234. The Morgan fingerprint density at radius 3 is 2.37 bits per heavy atom. The average molecular weight is 298 g/mol. The van der Waals surface area contributed by atoms with Crippen LogP contribution in [0.15, 0.2) is 41.3 Å². The molecule has 19 heavy (non-hydrogen) atoms. The first-order chi connectivity index (χ1) is 9.04. The van der Waals surface area contributed by atoms with Crippen molar-refractivity contribution in [3.8, 4) is 5.69 Å². The van der Waals surface area contributed by atoms with Gasteiger partial charge in [-0.15, -0.1) is 0 Å². The fraction of sp³-hybridized carbons (Fsp3) is 0.0769. The van der Waals surface area contributed by atoms with E-state index in [1.807, 2.05) is 0 Å². The first kappa shape index (κ1) is 13.6. The number of carbonyl (C=O) groups excluding carboxylic acids is 1. The summed E-state index contributed by atoms with van der Waals surface area (Å²) >= 11 is 12.1. The number of ether oxygens (including phenoxy) is 1. The number of hydrogen-bond acceptors (Lipinski definition) is 3. The molecular weight excluding hydrogens is 289 g/mol. The molecule has 0 radical (unpaired) electrons. The van der Waals surface area contributed by atoms with Crippen molar-refractivity contribution in [2.24, 2.45) is 0 Å². The predicted octanol–water partition coefficient (Wildman–Crippen LogP) is 2.93. The molecule has 6 heteroatoms. The summed E-state index contributed by atoms with van der Waals surface area (Å²) in [5.74, 6) is -0.545. The number of aromatic nitrogens is 1. The van der Waals surface area contributed by atoms with Gasteiger partial charge in [-0.1, -0.05) is 29.3 Å². The molecule has 0 fully saturated rings. The Morgan fingerprint density at radius 1 is 1.16 bits per heavy atom. The third-order valence-electron chi connectivity index (χ3n) is 2.51. The van der Waals surface area contributed by atoms with Crippen LogP contribution in [0.5, 0.6) is 0 Å². The molecule has 0 spiro atoms. The number of carbonyl (C=O) groups is 1. The van der Waals surface area contributed by atoms with E-state index in [2.05, 4.69) is 4.74 Å². The summed E-state index contributed by atoms with van der Waals surface area (Å²) in [6.07, 6.45) is 1.35. The first-order valence-corrected chi connectivity index (χ1v) is 6.05. The molecule has 2 rings (SSSR count). The highest BCUT2D eigenvalue weighted by molar-refractivity contribution is 6.37. The van der Waals surface area contributed by atoms with Gasteiger partial charge in [0.05, 0.1) is 28.4 Å². The Labute approximate surface area is 119 Å². The van der Waals surface area contributed by atoms with E-state index in [9.17, 15) is 9.59 Å². The van der Waals surface area contributed by atoms with Crippen molar-refractivity contribution in [2.75, 3.05) is 7.11 Å². The van der Waals surface area contributed by atoms with E-state index in [4.69, 9.17) is 23.2 Å². The number of nitrogens with zero attached hydrogens (tertiary/aromatic N) is 1. The highest BCUT2D eigenvalue weighted by Crippen LogP contribution is 2.27. The summed E-state index contributed by atoms with van der Waals surface area (Å²) in [6.45, 7) is 0. The number of benzene rings is 1. The molecular formula is C13H9Cl2NO3. The molecule has 1 heterocycles. The lowest BCUT2D eigenvalue weighted by molar-refractivity contribution is 0.0600. The molecule has 0 aliphatic rings. The molecule has 0 N–H and O–H groups in total.